The van der Waals surface area contributed by atoms with Gasteiger partial charge in [-0.25, -0.2) is 4.98 Å². The molecule has 0 aliphatic rings. The first-order chi connectivity index (χ1) is 12.2. The molecule has 7 heteroatoms. The van der Waals surface area contributed by atoms with Crippen LogP contribution in [0.15, 0.2) is 87.8 Å². The maximum absolute atomic E-state index is 10.9. The van der Waals surface area contributed by atoms with Gasteiger partial charge in [-0.1, -0.05) is 42.1 Å². The van der Waals surface area contributed by atoms with Crippen LogP contribution in [0.2, 0.25) is 0 Å². The van der Waals surface area contributed by atoms with E-state index in [0.29, 0.717) is 0 Å². The lowest BCUT2D eigenvalue weighted by Gasteiger charge is -2.02. The van der Waals surface area contributed by atoms with Gasteiger partial charge in [0, 0.05) is 22.1 Å². The molecule has 0 aliphatic heterocycles. The molecule has 0 spiro atoms. The number of aromatic nitrogens is 1. The molecule has 0 saturated heterocycles. The second kappa shape index (κ2) is 8.07. The van der Waals surface area contributed by atoms with Gasteiger partial charge < -0.3 is 0 Å². The zero-order valence-electron chi connectivity index (χ0n) is 13.1. The highest BCUT2D eigenvalue weighted by molar-refractivity contribution is 7.99. The number of nitrogens with zero attached hydrogens (tertiary/aromatic N) is 3. The molecule has 0 amide bonds. The van der Waals surface area contributed by atoms with Crippen molar-refractivity contribution in [3.8, 4) is 0 Å². The average molecular weight is 350 g/mol. The normalized spacial score (nSPS) is 10.7. The molecular weight excluding hydrogens is 336 g/mol. The van der Waals surface area contributed by atoms with Crippen LogP contribution in [0.3, 0.4) is 0 Å². The molecule has 25 heavy (non-hydrogen) atoms. The van der Waals surface area contributed by atoms with Crippen molar-refractivity contribution in [2.75, 3.05) is 5.43 Å². The predicted molar refractivity (Wildman–Crippen MR) is 99.1 cm³/mol. The fraction of sp³-hybridized carbons (Fsp3) is 0. The van der Waals surface area contributed by atoms with Gasteiger partial charge in [-0.2, -0.15) is 5.10 Å². The van der Waals surface area contributed by atoms with Gasteiger partial charge in [0.15, 0.2) is 0 Å². The molecule has 1 N–H and O–H groups in total. The van der Waals surface area contributed by atoms with Crippen molar-refractivity contribution >= 4 is 29.5 Å². The Morgan fingerprint density at radius 3 is 2.44 bits per heavy atom. The summed E-state index contributed by atoms with van der Waals surface area (Å²) in [6.45, 7) is 0. The summed E-state index contributed by atoms with van der Waals surface area (Å²) in [6, 6.07) is 20.9. The van der Waals surface area contributed by atoms with E-state index in [1.165, 1.54) is 23.2 Å². The molecule has 0 aliphatic carbocycles. The summed E-state index contributed by atoms with van der Waals surface area (Å²) >= 11 is 1.68. The van der Waals surface area contributed by atoms with Crippen molar-refractivity contribution in [3.05, 3.63) is 88.6 Å². The molecule has 0 fully saturated rings. The Bertz CT molecular complexity index is 883. The standard InChI is InChI=1S/C18H14N4O2S/c23-22(24)17-7-4-12-19-18(17)21-20-13-14-8-10-16(11-9-14)25-15-5-2-1-3-6-15/h1-13H,(H,19,21)/b20-13-. The van der Waals surface area contributed by atoms with Gasteiger partial charge in [0.05, 0.1) is 11.1 Å². The highest BCUT2D eigenvalue weighted by atomic mass is 32.2. The van der Waals surface area contributed by atoms with Crippen molar-refractivity contribution in [1.29, 1.82) is 0 Å². The number of anilines is 1. The van der Waals surface area contributed by atoms with Crippen LogP contribution in [0, 0.1) is 10.1 Å². The molecule has 1 heterocycles. The molecule has 3 rings (SSSR count). The first-order valence-corrected chi connectivity index (χ1v) is 8.25. The first-order valence-electron chi connectivity index (χ1n) is 7.44. The van der Waals surface area contributed by atoms with Crippen LogP contribution in [0.1, 0.15) is 5.56 Å². The molecule has 0 saturated carbocycles. The van der Waals surface area contributed by atoms with Gasteiger partial charge in [0.25, 0.3) is 0 Å². The van der Waals surface area contributed by atoms with Gasteiger partial charge in [-0.05, 0) is 35.9 Å². The Hall–Kier alpha value is -3.19. The summed E-state index contributed by atoms with van der Waals surface area (Å²) in [5.41, 5.74) is 3.37. The van der Waals surface area contributed by atoms with Crippen LogP contribution in [-0.2, 0) is 0 Å². The monoisotopic (exact) mass is 350 g/mol. The number of benzene rings is 2. The van der Waals surface area contributed by atoms with E-state index >= 15 is 0 Å². The second-order valence-corrected chi connectivity index (χ2v) is 6.13. The lowest BCUT2D eigenvalue weighted by Crippen LogP contribution is -1.98. The zero-order chi connectivity index (χ0) is 17.5. The maximum Gasteiger partial charge on any atom is 0.313 e. The lowest BCUT2D eigenvalue weighted by molar-refractivity contribution is -0.384. The Kier molecular flexibility index (Phi) is 5.38. The lowest BCUT2D eigenvalue weighted by atomic mass is 10.2. The van der Waals surface area contributed by atoms with Crippen molar-refractivity contribution in [2.45, 2.75) is 9.79 Å². The molecule has 0 atom stereocenters. The first kappa shape index (κ1) is 16.7. The topological polar surface area (TPSA) is 80.4 Å². The minimum atomic E-state index is -0.500. The Morgan fingerprint density at radius 1 is 1.00 bits per heavy atom. The molecule has 124 valence electrons. The van der Waals surface area contributed by atoms with E-state index in [0.717, 1.165) is 10.5 Å². The smallest absolute Gasteiger partial charge is 0.258 e. The highest BCUT2D eigenvalue weighted by Gasteiger charge is 2.12. The fourth-order valence-electron chi connectivity index (χ4n) is 2.04. The molecule has 0 bridgehead atoms. The number of rotatable bonds is 6. The van der Waals surface area contributed by atoms with E-state index in [9.17, 15) is 10.1 Å². The third kappa shape index (κ3) is 4.65. The summed E-state index contributed by atoms with van der Waals surface area (Å²) in [6.07, 6.45) is 3.07. The van der Waals surface area contributed by atoms with Gasteiger partial charge in [-0.15, -0.1) is 0 Å². The molecule has 0 radical (unpaired) electrons. The van der Waals surface area contributed by atoms with E-state index in [1.807, 2.05) is 42.5 Å². The van der Waals surface area contributed by atoms with Crippen LogP contribution in [0.4, 0.5) is 11.5 Å². The third-order valence-corrected chi connectivity index (χ3v) is 4.24. The molecule has 6 nitrogen and oxygen atoms in total. The van der Waals surface area contributed by atoms with E-state index < -0.39 is 4.92 Å². The highest BCUT2D eigenvalue weighted by Crippen LogP contribution is 2.27. The number of hydrogen-bond donors (Lipinski definition) is 1. The Morgan fingerprint density at radius 2 is 1.72 bits per heavy atom. The number of hydrogen-bond acceptors (Lipinski definition) is 6. The predicted octanol–water partition coefficient (Wildman–Crippen LogP) is 4.59. The van der Waals surface area contributed by atoms with Crippen molar-refractivity contribution in [1.82, 2.24) is 4.98 Å². The van der Waals surface area contributed by atoms with Crippen LogP contribution in [0.25, 0.3) is 0 Å². The number of nitrogens with one attached hydrogen (secondary N) is 1. The SMILES string of the molecule is O=[N+]([O-])c1cccnc1N/N=C\c1ccc(Sc2ccccc2)cc1. The van der Waals surface area contributed by atoms with Gasteiger partial charge in [-0.3, -0.25) is 15.5 Å². The molecular formula is C18H14N4O2S. The van der Waals surface area contributed by atoms with Crippen LogP contribution >= 0.6 is 11.8 Å². The van der Waals surface area contributed by atoms with Crippen LogP contribution in [-0.4, -0.2) is 16.1 Å². The van der Waals surface area contributed by atoms with Gasteiger partial charge in [0.2, 0.25) is 5.82 Å². The van der Waals surface area contributed by atoms with E-state index in [-0.39, 0.29) is 11.5 Å². The maximum atomic E-state index is 10.9. The number of pyridine rings is 1. The minimum absolute atomic E-state index is 0.111. The molecule has 3 aromatic rings. The molecule has 1 aromatic heterocycles. The summed E-state index contributed by atoms with van der Waals surface area (Å²) in [5.74, 6) is 0.111. The molecule has 2 aromatic carbocycles. The van der Waals surface area contributed by atoms with E-state index in [4.69, 9.17) is 0 Å². The zero-order valence-corrected chi connectivity index (χ0v) is 13.9. The third-order valence-electron chi connectivity index (χ3n) is 3.23. The largest absolute Gasteiger partial charge is 0.313 e. The Labute approximate surface area is 148 Å². The quantitative estimate of drug-likeness (QED) is 0.399. The Balaban J connectivity index is 1.64. The summed E-state index contributed by atoms with van der Waals surface area (Å²) in [4.78, 5) is 16.6. The second-order valence-electron chi connectivity index (χ2n) is 4.98. The van der Waals surface area contributed by atoms with Gasteiger partial charge >= 0.3 is 5.69 Å². The van der Waals surface area contributed by atoms with Crippen molar-refractivity contribution < 1.29 is 4.92 Å². The number of nitro groups is 1. The van der Waals surface area contributed by atoms with Crippen LogP contribution < -0.4 is 5.43 Å². The van der Waals surface area contributed by atoms with Gasteiger partial charge in [0.1, 0.15) is 0 Å². The minimum Gasteiger partial charge on any atom is -0.258 e. The average Bonchev–Trinajstić information content (AvgIpc) is 2.64. The summed E-state index contributed by atoms with van der Waals surface area (Å²) < 4.78 is 0. The summed E-state index contributed by atoms with van der Waals surface area (Å²) in [5, 5.41) is 14.9. The summed E-state index contributed by atoms with van der Waals surface area (Å²) in [7, 11) is 0. The molecule has 0 unspecified atom stereocenters. The van der Waals surface area contributed by atoms with E-state index in [2.05, 4.69) is 27.6 Å². The van der Waals surface area contributed by atoms with E-state index in [1.54, 1.807) is 18.0 Å². The van der Waals surface area contributed by atoms with Crippen molar-refractivity contribution in [2.24, 2.45) is 5.10 Å². The fourth-order valence-corrected chi connectivity index (χ4v) is 2.88. The number of hydrazone groups is 1. The van der Waals surface area contributed by atoms with Crippen LogP contribution in [0.5, 0.6) is 0 Å². The van der Waals surface area contributed by atoms with Crippen molar-refractivity contribution in [3.63, 3.8) is 0 Å².